The molecular formula is C11H6NOS. The van der Waals surface area contributed by atoms with Gasteiger partial charge in [0, 0.05) is 5.56 Å². The monoisotopic (exact) mass is 200 g/mol. The summed E-state index contributed by atoms with van der Waals surface area (Å²) in [4.78, 5) is 4.23. The number of nitrogens with zero attached hydrogens (tertiary/aromatic N) is 1. The summed E-state index contributed by atoms with van der Waals surface area (Å²) in [5.41, 5.74) is 0.899. The van der Waals surface area contributed by atoms with Crippen LogP contribution in [0.25, 0.3) is 0 Å². The molecule has 3 rings (SSSR count). The highest BCUT2D eigenvalue weighted by atomic mass is 32.1. The normalized spacial score (nSPS) is 12.6. The van der Waals surface area contributed by atoms with Crippen LogP contribution in [0.1, 0.15) is 5.56 Å². The predicted octanol–water partition coefficient (Wildman–Crippen LogP) is 3.48. The number of ether oxygens (including phenoxy) is 1. The molecule has 0 atom stereocenters. The van der Waals surface area contributed by atoms with Crippen LogP contribution in [-0.2, 0) is 0 Å². The van der Waals surface area contributed by atoms with Crippen LogP contribution in [0.3, 0.4) is 0 Å². The molecule has 0 spiro atoms. The van der Waals surface area contributed by atoms with Gasteiger partial charge < -0.3 is 4.74 Å². The second kappa shape index (κ2) is 2.96. The summed E-state index contributed by atoms with van der Waals surface area (Å²) in [6.07, 6.45) is 2.98. The molecule has 3 heteroatoms. The lowest BCUT2D eigenvalue weighted by molar-refractivity contribution is 0.487. The second-order valence-electron chi connectivity index (χ2n) is 2.91. The lowest BCUT2D eigenvalue weighted by atomic mass is 10.2. The maximum Gasteiger partial charge on any atom is 0.164 e. The fourth-order valence-corrected chi connectivity index (χ4v) is 1.97. The minimum Gasteiger partial charge on any atom is -0.453 e. The molecule has 0 bridgehead atoms. The number of aliphatic imine (C=N–C) groups is 1. The van der Waals surface area contributed by atoms with Gasteiger partial charge >= 0.3 is 0 Å². The fourth-order valence-electron chi connectivity index (χ4n) is 1.33. The van der Waals surface area contributed by atoms with Crippen LogP contribution in [0, 0.1) is 0 Å². The second-order valence-corrected chi connectivity index (χ2v) is 3.81. The molecule has 1 aromatic carbocycles. The van der Waals surface area contributed by atoms with E-state index in [0.29, 0.717) is 0 Å². The van der Waals surface area contributed by atoms with E-state index in [2.05, 4.69) is 11.2 Å². The first-order valence-electron chi connectivity index (χ1n) is 4.24. The molecule has 0 N–H and O–H groups in total. The van der Waals surface area contributed by atoms with Crippen molar-refractivity contribution in [3.8, 4) is 11.5 Å². The van der Waals surface area contributed by atoms with E-state index in [1.807, 2.05) is 35.7 Å². The third-order valence-electron chi connectivity index (χ3n) is 1.99. The number of para-hydroxylation sites is 1. The summed E-state index contributed by atoms with van der Waals surface area (Å²) in [5.74, 6) is 1.63. The van der Waals surface area contributed by atoms with Crippen LogP contribution in [0.4, 0.5) is 5.00 Å². The third-order valence-corrected chi connectivity index (χ3v) is 2.78. The molecule has 0 saturated heterocycles. The highest BCUT2D eigenvalue weighted by Gasteiger charge is 2.11. The standard InChI is InChI=1S/C11H6NOS/c1-2-4-9-8(3-1)7-12-11-10(13-9)5-6-14-11/h1-6H. The van der Waals surface area contributed by atoms with E-state index < -0.39 is 0 Å². The summed E-state index contributed by atoms with van der Waals surface area (Å²) < 4.78 is 5.70. The van der Waals surface area contributed by atoms with Gasteiger partial charge in [0.15, 0.2) is 10.8 Å². The van der Waals surface area contributed by atoms with Gasteiger partial charge in [0.1, 0.15) is 12.0 Å². The Kier molecular flexibility index (Phi) is 1.64. The van der Waals surface area contributed by atoms with E-state index in [4.69, 9.17) is 4.74 Å². The largest absolute Gasteiger partial charge is 0.453 e. The smallest absolute Gasteiger partial charge is 0.164 e. The zero-order valence-corrected chi connectivity index (χ0v) is 8.04. The van der Waals surface area contributed by atoms with Crippen molar-refractivity contribution in [2.45, 2.75) is 0 Å². The molecule has 0 unspecified atom stereocenters. The molecular weight excluding hydrogens is 194 g/mol. The molecule has 1 aliphatic heterocycles. The van der Waals surface area contributed by atoms with Gasteiger partial charge in [-0.2, -0.15) is 0 Å². The van der Waals surface area contributed by atoms with Crippen molar-refractivity contribution in [1.29, 1.82) is 0 Å². The minimum atomic E-state index is 0.812. The van der Waals surface area contributed by atoms with Crippen molar-refractivity contribution in [3.63, 3.8) is 0 Å². The molecule has 0 saturated carbocycles. The van der Waals surface area contributed by atoms with Crippen molar-refractivity contribution in [3.05, 3.63) is 41.3 Å². The minimum absolute atomic E-state index is 0.812. The molecule has 0 aliphatic carbocycles. The van der Waals surface area contributed by atoms with E-state index in [1.54, 1.807) is 11.3 Å². The van der Waals surface area contributed by atoms with Crippen LogP contribution < -0.4 is 4.74 Å². The Morgan fingerprint density at radius 2 is 2.07 bits per heavy atom. The Morgan fingerprint density at radius 3 is 3.07 bits per heavy atom. The third kappa shape index (κ3) is 1.14. The molecule has 2 heterocycles. The predicted molar refractivity (Wildman–Crippen MR) is 57.0 cm³/mol. The zero-order valence-electron chi connectivity index (χ0n) is 7.23. The van der Waals surface area contributed by atoms with Gasteiger partial charge in [0.05, 0.1) is 0 Å². The molecule has 1 radical (unpaired) electrons. The average Bonchev–Trinajstić information content (AvgIpc) is 2.58. The Balaban J connectivity index is 2.19. The number of benzene rings is 1. The maximum atomic E-state index is 5.70. The number of thiophene rings is 1. The van der Waals surface area contributed by atoms with Gasteiger partial charge in [-0.1, -0.05) is 12.1 Å². The van der Waals surface area contributed by atoms with Crippen LogP contribution in [0.5, 0.6) is 11.5 Å². The maximum absolute atomic E-state index is 5.70. The van der Waals surface area contributed by atoms with E-state index in [1.165, 1.54) is 0 Å². The molecule has 1 aromatic heterocycles. The molecule has 2 nitrogen and oxygen atoms in total. The molecule has 0 amide bonds. The summed E-state index contributed by atoms with van der Waals surface area (Å²) in [5, 5.41) is 2.84. The van der Waals surface area contributed by atoms with Crippen LogP contribution in [0.15, 0.2) is 40.7 Å². The number of hydrogen-bond acceptors (Lipinski definition) is 3. The van der Waals surface area contributed by atoms with Gasteiger partial charge in [-0.15, -0.1) is 11.3 Å². The van der Waals surface area contributed by atoms with Crippen molar-refractivity contribution in [2.24, 2.45) is 4.99 Å². The summed E-state index contributed by atoms with van der Waals surface area (Å²) in [6, 6.07) is 9.68. The number of fused-ring (bicyclic) bond motifs is 2. The summed E-state index contributed by atoms with van der Waals surface area (Å²) in [7, 11) is 0. The molecule has 0 fully saturated rings. The highest BCUT2D eigenvalue weighted by molar-refractivity contribution is 7.14. The van der Waals surface area contributed by atoms with Crippen LogP contribution in [0.2, 0.25) is 0 Å². The zero-order chi connectivity index (χ0) is 9.38. The highest BCUT2D eigenvalue weighted by Crippen LogP contribution is 2.39. The van der Waals surface area contributed by atoms with E-state index >= 15 is 0 Å². The van der Waals surface area contributed by atoms with Crippen molar-refractivity contribution in [1.82, 2.24) is 0 Å². The quantitative estimate of drug-likeness (QED) is 0.544. The molecule has 1 aliphatic rings. The topological polar surface area (TPSA) is 21.6 Å². The van der Waals surface area contributed by atoms with Gasteiger partial charge in [0.2, 0.25) is 0 Å². The first-order valence-corrected chi connectivity index (χ1v) is 5.12. The van der Waals surface area contributed by atoms with E-state index in [0.717, 1.165) is 22.1 Å². The Morgan fingerprint density at radius 1 is 1.14 bits per heavy atom. The van der Waals surface area contributed by atoms with Gasteiger partial charge in [-0.25, -0.2) is 4.99 Å². The Bertz CT molecular complexity index is 501. The molecule has 14 heavy (non-hydrogen) atoms. The molecule has 2 aromatic rings. The average molecular weight is 200 g/mol. The Labute approximate surface area is 85.5 Å². The fraction of sp³-hybridized carbons (Fsp3) is 0. The lowest BCUT2D eigenvalue weighted by Crippen LogP contribution is -1.85. The van der Waals surface area contributed by atoms with Crippen molar-refractivity contribution < 1.29 is 4.74 Å². The summed E-state index contributed by atoms with van der Waals surface area (Å²) >= 11 is 1.56. The number of hydrogen-bond donors (Lipinski definition) is 0. The van der Waals surface area contributed by atoms with Crippen molar-refractivity contribution in [2.75, 3.05) is 0 Å². The van der Waals surface area contributed by atoms with Crippen LogP contribution >= 0.6 is 11.3 Å². The number of rotatable bonds is 0. The van der Waals surface area contributed by atoms with E-state index in [9.17, 15) is 0 Å². The lowest BCUT2D eigenvalue weighted by Gasteiger charge is -2.03. The van der Waals surface area contributed by atoms with Gasteiger partial charge in [-0.3, -0.25) is 0 Å². The van der Waals surface area contributed by atoms with Gasteiger partial charge in [0.25, 0.3) is 0 Å². The van der Waals surface area contributed by atoms with Gasteiger partial charge in [-0.05, 0) is 23.6 Å². The Hall–Kier alpha value is -1.61. The van der Waals surface area contributed by atoms with E-state index in [-0.39, 0.29) is 0 Å². The SMILES string of the molecule is [C]1=Nc2sccc2Oc2ccccc21. The summed E-state index contributed by atoms with van der Waals surface area (Å²) in [6.45, 7) is 0. The van der Waals surface area contributed by atoms with Crippen LogP contribution in [-0.4, -0.2) is 6.21 Å². The molecule has 67 valence electrons. The van der Waals surface area contributed by atoms with Crippen molar-refractivity contribution >= 4 is 22.6 Å². The first-order chi connectivity index (χ1) is 6.93. The first kappa shape index (κ1) is 7.76.